The quantitative estimate of drug-likeness (QED) is 0.507. The number of nitriles is 2. The van der Waals surface area contributed by atoms with Gasteiger partial charge in [0.05, 0.1) is 40.9 Å². The van der Waals surface area contributed by atoms with Crippen molar-refractivity contribution in [3.63, 3.8) is 0 Å². The Balaban J connectivity index is 1.49. The van der Waals surface area contributed by atoms with Crippen LogP contribution in [0.15, 0.2) is 29.9 Å². The number of methoxy groups -OCH3 is 1. The van der Waals surface area contributed by atoms with Gasteiger partial charge in [0, 0.05) is 30.4 Å². The number of carbonyl (C=O) groups is 2. The fourth-order valence-electron chi connectivity index (χ4n) is 6.04. The molecule has 198 valence electrons. The smallest absolute Gasteiger partial charge is 0.271 e. The number of aryl methyl sites for hydroxylation is 1. The number of nitrogens with one attached hydrogen (secondary N) is 1. The number of ether oxygens (including phenoxy) is 1. The minimum absolute atomic E-state index is 0.163. The predicted molar refractivity (Wildman–Crippen MR) is 145 cm³/mol. The maximum atomic E-state index is 13.9. The van der Waals surface area contributed by atoms with Crippen LogP contribution >= 0.6 is 11.3 Å². The topological polar surface area (TPSA) is 124 Å². The van der Waals surface area contributed by atoms with E-state index in [0.717, 1.165) is 40.1 Å². The molecule has 1 saturated heterocycles. The van der Waals surface area contributed by atoms with Gasteiger partial charge in [-0.3, -0.25) is 14.6 Å². The highest BCUT2D eigenvalue weighted by Crippen LogP contribution is 2.44. The average molecular weight is 541 g/mol. The van der Waals surface area contributed by atoms with Crippen molar-refractivity contribution in [2.45, 2.75) is 63.1 Å². The number of likely N-dealkylation sites (tertiary alicyclic amines) is 1. The Morgan fingerprint density at radius 3 is 2.56 bits per heavy atom. The summed E-state index contributed by atoms with van der Waals surface area (Å²) >= 11 is 1.48. The van der Waals surface area contributed by atoms with E-state index in [0.29, 0.717) is 55.8 Å². The van der Waals surface area contributed by atoms with E-state index < -0.39 is 11.1 Å². The van der Waals surface area contributed by atoms with E-state index in [9.17, 15) is 20.1 Å². The third-order valence-corrected chi connectivity index (χ3v) is 9.25. The van der Waals surface area contributed by atoms with Crippen LogP contribution in [0.3, 0.4) is 0 Å². The highest BCUT2D eigenvalue weighted by Gasteiger charge is 2.42. The molecule has 3 aromatic rings. The Labute approximate surface area is 230 Å². The van der Waals surface area contributed by atoms with Crippen LogP contribution in [0.5, 0.6) is 5.75 Å². The summed E-state index contributed by atoms with van der Waals surface area (Å²) in [6, 6.07) is 10.2. The summed E-state index contributed by atoms with van der Waals surface area (Å²) in [4.78, 5) is 34.2. The number of hydrogen-bond acceptors (Lipinski definition) is 7. The van der Waals surface area contributed by atoms with Gasteiger partial charge >= 0.3 is 0 Å². The third kappa shape index (κ3) is 3.90. The van der Waals surface area contributed by atoms with Gasteiger partial charge in [0.1, 0.15) is 22.5 Å². The van der Waals surface area contributed by atoms with Crippen LogP contribution in [0.25, 0.3) is 21.7 Å². The molecule has 9 nitrogen and oxygen atoms in total. The molecule has 1 aromatic carbocycles. The van der Waals surface area contributed by atoms with Gasteiger partial charge in [0.2, 0.25) is 0 Å². The lowest BCUT2D eigenvalue weighted by Gasteiger charge is -2.36. The van der Waals surface area contributed by atoms with E-state index in [-0.39, 0.29) is 11.8 Å². The molecule has 2 aliphatic heterocycles. The van der Waals surface area contributed by atoms with Gasteiger partial charge < -0.3 is 19.5 Å². The van der Waals surface area contributed by atoms with Crippen LogP contribution in [-0.4, -0.2) is 51.0 Å². The molecule has 0 radical (unpaired) electrons. The first-order valence-corrected chi connectivity index (χ1v) is 14.0. The summed E-state index contributed by atoms with van der Waals surface area (Å²) in [5, 5.41) is 22.4. The van der Waals surface area contributed by atoms with Crippen molar-refractivity contribution in [3.8, 4) is 39.6 Å². The van der Waals surface area contributed by atoms with Crippen molar-refractivity contribution < 1.29 is 14.3 Å². The van der Waals surface area contributed by atoms with E-state index in [1.54, 1.807) is 16.6 Å². The molecule has 1 atom stereocenters. The minimum Gasteiger partial charge on any atom is -0.496 e. The summed E-state index contributed by atoms with van der Waals surface area (Å²) in [7, 11) is 1.54. The zero-order chi connectivity index (χ0) is 27.4. The monoisotopic (exact) mass is 540 g/mol. The van der Waals surface area contributed by atoms with Crippen LogP contribution in [0.1, 0.15) is 65.4 Å². The molecule has 10 heteroatoms. The lowest BCUT2D eigenvalue weighted by molar-refractivity contribution is 0.0681. The lowest BCUT2D eigenvalue weighted by atomic mass is 9.78. The fraction of sp³-hybridized carbons (Fsp3) is 0.414. The third-order valence-electron chi connectivity index (χ3n) is 8.44. The first kappa shape index (κ1) is 25.1. The summed E-state index contributed by atoms with van der Waals surface area (Å²) in [6.07, 6.45) is 6.03. The summed E-state index contributed by atoms with van der Waals surface area (Å²) < 4.78 is 7.64. The number of fused-ring (bicyclic) bond motifs is 3. The summed E-state index contributed by atoms with van der Waals surface area (Å²) in [6.45, 7) is 2.94. The SMILES string of the molecule is COc1cc2c(cc1C(=O)NC1(C#N)CCC1)-c1c(-c3cncs3)cc(C(=O)N3CCC[C@]3(C)C#N)n1CC2. The van der Waals surface area contributed by atoms with E-state index in [1.807, 2.05) is 29.7 Å². The molecule has 39 heavy (non-hydrogen) atoms. The lowest BCUT2D eigenvalue weighted by Crippen LogP contribution is -2.52. The summed E-state index contributed by atoms with van der Waals surface area (Å²) in [5.74, 6) is -0.0577. The maximum absolute atomic E-state index is 13.9. The minimum atomic E-state index is -0.839. The Hall–Kier alpha value is -4.15. The molecule has 4 heterocycles. The van der Waals surface area contributed by atoms with Crippen molar-refractivity contribution in [1.29, 1.82) is 10.5 Å². The Morgan fingerprint density at radius 1 is 1.10 bits per heavy atom. The van der Waals surface area contributed by atoms with E-state index in [4.69, 9.17) is 4.74 Å². The molecule has 0 bridgehead atoms. The Kier molecular flexibility index (Phi) is 5.96. The van der Waals surface area contributed by atoms with Crippen LogP contribution in [0, 0.1) is 22.7 Å². The van der Waals surface area contributed by atoms with Gasteiger partial charge in [0.15, 0.2) is 0 Å². The molecule has 2 aromatic heterocycles. The van der Waals surface area contributed by atoms with E-state index >= 15 is 0 Å². The van der Waals surface area contributed by atoms with Crippen LogP contribution in [0.2, 0.25) is 0 Å². The molecule has 0 spiro atoms. The molecule has 1 N–H and O–H groups in total. The number of rotatable bonds is 5. The summed E-state index contributed by atoms with van der Waals surface area (Å²) in [5.41, 5.74) is 4.53. The number of aromatic nitrogens is 2. The zero-order valence-electron chi connectivity index (χ0n) is 21.9. The van der Waals surface area contributed by atoms with Crippen LogP contribution < -0.4 is 10.1 Å². The number of amides is 2. The standard InChI is InChI=1S/C29H28N6O3S/c1-28(15-30)6-4-9-35(28)27(37)22-13-21(24-14-32-17-39-24)25-19-12-20(26(36)33-29(16-31)7-3-8-29)23(38-2)11-18(19)5-10-34(22)25/h11-14,17H,3-10H2,1-2H3,(H,33,36)/t28-/m1/s1. The number of thiazole rings is 1. The van der Waals surface area contributed by atoms with Crippen molar-refractivity contribution in [3.05, 3.63) is 46.7 Å². The van der Waals surface area contributed by atoms with Gasteiger partial charge in [-0.25, -0.2) is 0 Å². The highest BCUT2D eigenvalue weighted by molar-refractivity contribution is 7.13. The highest BCUT2D eigenvalue weighted by atomic mass is 32.1. The second-order valence-corrected chi connectivity index (χ2v) is 11.6. The molecular formula is C29H28N6O3S. The van der Waals surface area contributed by atoms with Gasteiger partial charge in [-0.1, -0.05) is 0 Å². The van der Waals surface area contributed by atoms with Gasteiger partial charge in [-0.15, -0.1) is 11.3 Å². The van der Waals surface area contributed by atoms with E-state index in [1.165, 1.54) is 18.4 Å². The Morgan fingerprint density at radius 2 is 1.92 bits per heavy atom. The van der Waals surface area contributed by atoms with Crippen molar-refractivity contribution in [2.24, 2.45) is 0 Å². The first-order valence-electron chi connectivity index (χ1n) is 13.1. The van der Waals surface area contributed by atoms with Gasteiger partial charge in [0.25, 0.3) is 11.8 Å². The fourth-order valence-corrected chi connectivity index (χ4v) is 6.68. The predicted octanol–water partition coefficient (Wildman–Crippen LogP) is 4.54. The first-order chi connectivity index (χ1) is 18.8. The second kappa shape index (κ2) is 9.25. The van der Waals surface area contributed by atoms with Gasteiger partial charge in [-0.2, -0.15) is 10.5 Å². The molecule has 1 saturated carbocycles. The average Bonchev–Trinajstić information content (AvgIpc) is 3.68. The maximum Gasteiger partial charge on any atom is 0.271 e. The van der Waals surface area contributed by atoms with Crippen LogP contribution in [0.4, 0.5) is 0 Å². The molecule has 1 aliphatic carbocycles. The Bertz CT molecular complexity index is 1570. The largest absolute Gasteiger partial charge is 0.496 e. The molecule has 6 rings (SSSR count). The molecule has 2 amide bonds. The second-order valence-electron chi connectivity index (χ2n) is 10.7. The van der Waals surface area contributed by atoms with Crippen molar-refractivity contribution in [2.75, 3.05) is 13.7 Å². The van der Waals surface area contributed by atoms with E-state index in [2.05, 4.69) is 22.4 Å². The molecular weight excluding hydrogens is 512 g/mol. The molecule has 2 fully saturated rings. The normalized spacial score (nSPS) is 20.7. The zero-order valence-corrected chi connectivity index (χ0v) is 22.7. The van der Waals surface area contributed by atoms with Crippen LogP contribution in [-0.2, 0) is 13.0 Å². The van der Waals surface area contributed by atoms with Crippen molar-refractivity contribution >= 4 is 23.2 Å². The van der Waals surface area contributed by atoms with Gasteiger partial charge in [-0.05, 0) is 69.2 Å². The molecule has 0 unspecified atom stereocenters. The number of benzene rings is 1. The number of hydrogen-bond donors (Lipinski definition) is 1. The molecule has 3 aliphatic rings. The number of nitrogens with zero attached hydrogens (tertiary/aromatic N) is 5. The number of carbonyl (C=O) groups excluding carboxylic acids is 2. The van der Waals surface area contributed by atoms with Crippen molar-refractivity contribution in [1.82, 2.24) is 19.8 Å².